The summed E-state index contributed by atoms with van der Waals surface area (Å²) < 4.78 is 0. The van der Waals surface area contributed by atoms with Gasteiger partial charge in [0, 0.05) is 26.2 Å². The van der Waals surface area contributed by atoms with Gasteiger partial charge in [-0.1, -0.05) is 13.3 Å². The van der Waals surface area contributed by atoms with Crippen molar-refractivity contribution in [1.29, 1.82) is 0 Å². The molecule has 4 heteroatoms. The van der Waals surface area contributed by atoms with Gasteiger partial charge in [-0.05, 0) is 44.7 Å². The van der Waals surface area contributed by atoms with E-state index in [1.54, 1.807) is 0 Å². The van der Waals surface area contributed by atoms with Crippen molar-refractivity contribution in [2.75, 3.05) is 33.7 Å². The zero-order valence-electron chi connectivity index (χ0n) is 12.6. The highest BCUT2D eigenvalue weighted by Crippen LogP contribution is 2.29. The summed E-state index contributed by atoms with van der Waals surface area (Å²) in [6.07, 6.45) is 4.49. The minimum Gasteiger partial charge on any atom is -0.345 e. The molecule has 0 aromatic rings. The van der Waals surface area contributed by atoms with Gasteiger partial charge in [0.1, 0.15) is 0 Å². The molecule has 110 valence electrons. The summed E-state index contributed by atoms with van der Waals surface area (Å²) >= 11 is 0. The Morgan fingerprint density at radius 2 is 2.11 bits per heavy atom. The molecule has 0 radical (unpaired) electrons. The number of hydrogen-bond donors (Lipinski definition) is 1. The SMILES string of the molecule is CC1CCCC(C(=O)N(C)CC2CCN(C)C2)C1N. The van der Waals surface area contributed by atoms with Crippen molar-refractivity contribution in [3.8, 4) is 0 Å². The van der Waals surface area contributed by atoms with Crippen LogP contribution in [0.15, 0.2) is 0 Å². The van der Waals surface area contributed by atoms with Crippen molar-refractivity contribution in [3.05, 3.63) is 0 Å². The van der Waals surface area contributed by atoms with Gasteiger partial charge >= 0.3 is 0 Å². The Hall–Kier alpha value is -0.610. The lowest BCUT2D eigenvalue weighted by molar-refractivity contribution is -0.136. The van der Waals surface area contributed by atoms with E-state index in [-0.39, 0.29) is 17.9 Å². The molecule has 4 nitrogen and oxygen atoms in total. The van der Waals surface area contributed by atoms with Crippen LogP contribution in [-0.2, 0) is 4.79 Å². The lowest BCUT2D eigenvalue weighted by atomic mass is 9.77. The Bertz CT molecular complexity index is 321. The van der Waals surface area contributed by atoms with E-state index in [9.17, 15) is 4.79 Å². The quantitative estimate of drug-likeness (QED) is 0.835. The first kappa shape index (κ1) is 14.8. The highest BCUT2D eigenvalue weighted by Gasteiger charge is 2.35. The van der Waals surface area contributed by atoms with E-state index in [1.807, 2.05) is 11.9 Å². The summed E-state index contributed by atoms with van der Waals surface area (Å²) in [5.41, 5.74) is 6.24. The van der Waals surface area contributed by atoms with Crippen molar-refractivity contribution in [2.45, 2.75) is 38.6 Å². The van der Waals surface area contributed by atoms with Crippen LogP contribution in [0.1, 0.15) is 32.6 Å². The maximum Gasteiger partial charge on any atom is 0.227 e. The van der Waals surface area contributed by atoms with E-state index >= 15 is 0 Å². The van der Waals surface area contributed by atoms with E-state index in [0.29, 0.717) is 11.8 Å². The van der Waals surface area contributed by atoms with Gasteiger partial charge in [0.25, 0.3) is 0 Å². The summed E-state index contributed by atoms with van der Waals surface area (Å²) in [5, 5.41) is 0. The molecule has 2 aliphatic rings. The third-order valence-corrected chi connectivity index (χ3v) is 5.01. The summed E-state index contributed by atoms with van der Waals surface area (Å²) in [4.78, 5) is 16.8. The molecule has 2 fully saturated rings. The number of nitrogens with two attached hydrogens (primary N) is 1. The molecule has 1 amide bonds. The van der Waals surface area contributed by atoms with Gasteiger partial charge in [-0.15, -0.1) is 0 Å². The zero-order chi connectivity index (χ0) is 14.0. The molecule has 0 aromatic carbocycles. The molecule has 1 aliphatic carbocycles. The first-order valence-electron chi connectivity index (χ1n) is 7.68. The number of carbonyl (C=O) groups excluding carboxylic acids is 1. The van der Waals surface area contributed by atoms with Crippen LogP contribution in [0.25, 0.3) is 0 Å². The normalized spacial score (nSPS) is 36.4. The van der Waals surface area contributed by atoms with Gasteiger partial charge in [0.15, 0.2) is 0 Å². The van der Waals surface area contributed by atoms with Crippen LogP contribution >= 0.6 is 0 Å². The molecule has 0 aromatic heterocycles. The third-order valence-electron chi connectivity index (χ3n) is 5.01. The van der Waals surface area contributed by atoms with Gasteiger partial charge in [-0.25, -0.2) is 0 Å². The zero-order valence-corrected chi connectivity index (χ0v) is 12.6. The van der Waals surface area contributed by atoms with Gasteiger partial charge in [0.05, 0.1) is 5.92 Å². The first-order valence-corrected chi connectivity index (χ1v) is 7.68. The number of hydrogen-bond acceptors (Lipinski definition) is 3. The number of nitrogens with zero attached hydrogens (tertiary/aromatic N) is 2. The van der Waals surface area contributed by atoms with E-state index < -0.39 is 0 Å². The summed E-state index contributed by atoms with van der Waals surface area (Å²) in [6.45, 7) is 5.34. The summed E-state index contributed by atoms with van der Waals surface area (Å²) in [7, 11) is 4.10. The molecule has 1 aliphatic heterocycles. The molecule has 4 atom stereocenters. The highest BCUT2D eigenvalue weighted by molar-refractivity contribution is 5.79. The molecule has 1 heterocycles. The van der Waals surface area contributed by atoms with E-state index in [2.05, 4.69) is 18.9 Å². The first-order chi connectivity index (χ1) is 8.99. The molecular formula is C15H29N3O. The Labute approximate surface area is 117 Å². The van der Waals surface area contributed by atoms with Crippen LogP contribution in [0, 0.1) is 17.8 Å². The fourth-order valence-corrected chi connectivity index (χ4v) is 3.67. The number of likely N-dealkylation sites (tertiary alicyclic amines) is 1. The predicted molar refractivity (Wildman–Crippen MR) is 77.7 cm³/mol. The third kappa shape index (κ3) is 3.48. The van der Waals surface area contributed by atoms with Crippen LogP contribution in [-0.4, -0.2) is 55.5 Å². The largest absolute Gasteiger partial charge is 0.345 e. The van der Waals surface area contributed by atoms with Crippen LogP contribution < -0.4 is 5.73 Å². The second-order valence-electron chi connectivity index (χ2n) is 6.73. The van der Waals surface area contributed by atoms with Crippen molar-refractivity contribution in [3.63, 3.8) is 0 Å². The minimum atomic E-state index is 0.0490. The molecule has 1 saturated heterocycles. The van der Waals surface area contributed by atoms with Gasteiger partial charge < -0.3 is 15.5 Å². The van der Waals surface area contributed by atoms with E-state index in [4.69, 9.17) is 5.73 Å². The molecule has 2 rings (SSSR count). The predicted octanol–water partition coefficient (Wildman–Crippen LogP) is 1.16. The summed E-state index contributed by atoms with van der Waals surface area (Å²) in [6, 6.07) is 0.0509. The monoisotopic (exact) mass is 267 g/mol. The Morgan fingerprint density at radius 1 is 1.37 bits per heavy atom. The fourth-order valence-electron chi connectivity index (χ4n) is 3.67. The second kappa shape index (κ2) is 6.23. The van der Waals surface area contributed by atoms with Crippen LogP contribution in [0.3, 0.4) is 0 Å². The Morgan fingerprint density at radius 3 is 2.74 bits per heavy atom. The topological polar surface area (TPSA) is 49.6 Å². The summed E-state index contributed by atoms with van der Waals surface area (Å²) in [5.74, 6) is 1.44. The number of carbonyl (C=O) groups is 1. The van der Waals surface area contributed by atoms with Crippen LogP contribution in [0.5, 0.6) is 0 Å². The molecular weight excluding hydrogens is 238 g/mol. The Kier molecular flexibility index (Phi) is 4.85. The number of amides is 1. The van der Waals surface area contributed by atoms with Gasteiger partial charge in [-0.3, -0.25) is 4.79 Å². The smallest absolute Gasteiger partial charge is 0.227 e. The van der Waals surface area contributed by atoms with E-state index in [0.717, 1.165) is 32.5 Å². The average Bonchev–Trinajstić information content (AvgIpc) is 2.77. The molecule has 1 saturated carbocycles. The van der Waals surface area contributed by atoms with Crippen molar-refractivity contribution >= 4 is 5.91 Å². The minimum absolute atomic E-state index is 0.0490. The van der Waals surface area contributed by atoms with Gasteiger partial charge in [-0.2, -0.15) is 0 Å². The van der Waals surface area contributed by atoms with Crippen LogP contribution in [0.2, 0.25) is 0 Å². The maximum absolute atomic E-state index is 12.6. The maximum atomic E-state index is 12.6. The fraction of sp³-hybridized carbons (Fsp3) is 0.933. The van der Waals surface area contributed by atoms with Crippen molar-refractivity contribution in [2.24, 2.45) is 23.5 Å². The molecule has 2 N–H and O–H groups in total. The van der Waals surface area contributed by atoms with E-state index in [1.165, 1.54) is 12.8 Å². The second-order valence-corrected chi connectivity index (χ2v) is 6.73. The standard InChI is InChI=1S/C15H29N3O/c1-11-5-4-6-13(14(11)16)15(19)18(3)10-12-7-8-17(2)9-12/h11-14H,4-10,16H2,1-3H3. The molecule has 0 bridgehead atoms. The van der Waals surface area contributed by atoms with Gasteiger partial charge in [0.2, 0.25) is 5.91 Å². The molecule has 19 heavy (non-hydrogen) atoms. The van der Waals surface area contributed by atoms with Crippen molar-refractivity contribution in [1.82, 2.24) is 9.80 Å². The molecule has 0 spiro atoms. The molecule has 4 unspecified atom stereocenters. The highest BCUT2D eigenvalue weighted by atomic mass is 16.2. The lowest BCUT2D eigenvalue weighted by Crippen LogP contribution is -2.48. The number of rotatable bonds is 3. The average molecular weight is 267 g/mol. The van der Waals surface area contributed by atoms with Crippen LogP contribution in [0.4, 0.5) is 0 Å². The van der Waals surface area contributed by atoms with Crippen molar-refractivity contribution < 1.29 is 4.79 Å². The Balaban J connectivity index is 1.87. The lowest BCUT2D eigenvalue weighted by Gasteiger charge is -2.35.